The van der Waals surface area contributed by atoms with Gasteiger partial charge in [-0.1, -0.05) is 50.2 Å². The monoisotopic (exact) mass is 496 g/mol. The molecule has 0 atom stereocenters. The standard InChI is InChI=1S/C26H32N4O4S/c1-5-24-28-25(29-34-24)21-7-6-18(4)23(16-21)35(32,33)30-14-12-20(13-15-30)26(31)27-22-10-8-19(9-11-22)17(2)3/h6-11,16-17,20H,5,12-15H2,1-4H3,(H,27,31). The van der Waals surface area contributed by atoms with Crippen LogP contribution in [0.2, 0.25) is 0 Å². The van der Waals surface area contributed by atoms with Crippen molar-refractivity contribution < 1.29 is 17.7 Å². The summed E-state index contributed by atoms with van der Waals surface area (Å²) in [5, 5.41) is 6.94. The lowest BCUT2D eigenvalue weighted by Gasteiger charge is -2.31. The van der Waals surface area contributed by atoms with Gasteiger partial charge < -0.3 is 9.84 Å². The number of amides is 1. The number of carbonyl (C=O) groups excluding carboxylic acids is 1. The van der Waals surface area contributed by atoms with Gasteiger partial charge in [0.2, 0.25) is 27.6 Å². The van der Waals surface area contributed by atoms with E-state index in [1.54, 1.807) is 25.1 Å². The van der Waals surface area contributed by atoms with E-state index in [2.05, 4.69) is 29.3 Å². The maximum Gasteiger partial charge on any atom is 0.243 e. The zero-order valence-corrected chi connectivity index (χ0v) is 21.4. The maximum atomic E-state index is 13.5. The number of nitrogens with one attached hydrogen (secondary N) is 1. The Morgan fingerprint density at radius 2 is 1.83 bits per heavy atom. The average Bonchev–Trinajstić information content (AvgIpc) is 3.34. The van der Waals surface area contributed by atoms with Gasteiger partial charge in [-0.05, 0) is 55.0 Å². The van der Waals surface area contributed by atoms with Crippen molar-refractivity contribution in [1.82, 2.24) is 14.4 Å². The van der Waals surface area contributed by atoms with Crippen LogP contribution in [0.25, 0.3) is 11.4 Å². The number of aromatic nitrogens is 2. The van der Waals surface area contributed by atoms with Crippen molar-refractivity contribution in [3.8, 4) is 11.4 Å². The van der Waals surface area contributed by atoms with Crippen molar-refractivity contribution in [1.29, 1.82) is 0 Å². The molecule has 1 N–H and O–H groups in total. The highest BCUT2D eigenvalue weighted by Crippen LogP contribution is 2.29. The minimum absolute atomic E-state index is 0.0682. The van der Waals surface area contributed by atoms with E-state index in [1.807, 2.05) is 31.2 Å². The van der Waals surface area contributed by atoms with Crippen LogP contribution < -0.4 is 5.32 Å². The van der Waals surface area contributed by atoms with E-state index in [-0.39, 0.29) is 16.7 Å². The second-order valence-electron chi connectivity index (χ2n) is 9.29. The Bertz CT molecular complexity index is 1290. The molecule has 2 heterocycles. The summed E-state index contributed by atoms with van der Waals surface area (Å²) in [6, 6.07) is 13.0. The van der Waals surface area contributed by atoms with Crippen LogP contribution in [-0.2, 0) is 21.2 Å². The lowest BCUT2D eigenvalue weighted by atomic mass is 9.97. The number of piperidine rings is 1. The second kappa shape index (κ2) is 10.3. The molecule has 1 saturated heterocycles. The summed E-state index contributed by atoms with van der Waals surface area (Å²) in [5.41, 5.74) is 3.22. The van der Waals surface area contributed by atoms with E-state index >= 15 is 0 Å². The predicted molar refractivity (Wildman–Crippen MR) is 134 cm³/mol. The number of hydrogen-bond acceptors (Lipinski definition) is 6. The molecule has 1 aromatic heterocycles. The Kier molecular flexibility index (Phi) is 7.37. The van der Waals surface area contributed by atoms with Gasteiger partial charge in [-0.25, -0.2) is 8.42 Å². The van der Waals surface area contributed by atoms with Crippen molar-refractivity contribution in [3.63, 3.8) is 0 Å². The summed E-state index contributed by atoms with van der Waals surface area (Å²) in [5.74, 6) is 1.000. The fraction of sp³-hybridized carbons (Fsp3) is 0.423. The molecule has 0 saturated carbocycles. The summed E-state index contributed by atoms with van der Waals surface area (Å²) >= 11 is 0. The summed E-state index contributed by atoms with van der Waals surface area (Å²) in [7, 11) is -3.73. The van der Waals surface area contributed by atoms with Crippen LogP contribution >= 0.6 is 0 Å². The molecule has 1 fully saturated rings. The average molecular weight is 497 g/mol. The van der Waals surface area contributed by atoms with E-state index in [4.69, 9.17) is 4.52 Å². The van der Waals surface area contributed by atoms with Gasteiger partial charge in [0, 0.05) is 36.7 Å². The van der Waals surface area contributed by atoms with E-state index in [0.29, 0.717) is 61.1 Å². The van der Waals surface area contributed by atoms with Crippen LogP contribution in [0.15, 0.2) is 51.9 Å². The Balaban J connectivity index is 1.43. The van der Waals surface area contributed by atoms with Gasteiger partial charge in [0.1, 0.15) is 0 Å². The van der Waals surface area contributed by atoms with Crippen molar-refractivity contribution in [2.24, 2.45) is 5.92 Å². The summed E-state index contributed by atoms with van der Waals surface area (Å²) in [4.78, 5) is 17.3. The van der Waals surface area contributed by atoms with Crippen molar-refractivity contribution in [3.05, 3.63) is 59.5 Å². The maximum absolute atomic E-state index is 13.5. The van der Waals surface area contributed by atoms with E-state index in [9.17, 15) is 13.2 Å². The molecule has 9 heteroatoms. The summed E-state index contributed by atoms with van der Waals surface area (Å²) in [6.45, 7) is 8.52. The van der Waals surface area contributed by atoms with Gasteiger partial charge in [-0.15, -0.1) is 0 Å². The minimum Gasteiger partial charge on any atom is -0.339 e. The van der Waals surface area contributed by atoms with Gasteiger partial charge in [-0.2, -0.15) is 9.29 Å². The molecule has 4 rings (SSSR count). The smallest absolute Gasteiger partial charge is 0.243 e. The number of aryl methyl sites for hydroxylation is 2. The zero-order chi connectivity index (χ0) is 25.2. The number of carbonyl (C=O) groups is 1. The molecule has 0 bridgehead atoms. The van der Waals surface area contributed by atoms with E-state index in [0.717, 1.165) is 5.69 Å². The van der Waals surface area contributed by atoms with Crippen LogP contribution in [0.4, 0.5) is 5.69 Å². The van der Waals surface area contributed by atoms with Crippen molar-refractivity contribution in [2.45, 2.75) is 57.8 Å². The first-order valence-corrected chi connectivity index (χ1v) is 13.5. The van der Waals surface area contributed by atoms with Gasteiger partial charge >= 0.3 is 0 Å². The van der Waals surface area contributed by atoms with E-state index < -0.39 is 10.0 Å². The molecule has 1 aliphatic heterocycles. The molecule has 2 aromatic carbocycles. The molecule has 8 nitrogen and oxygen atoms in total. The number of nitrogens with zero attached hydrogens (tertiary/aromatic N) is 3. The third-order valence-electron chi connectivity index (χ3n) is 6.50. The lowest BCUT2D eigenvalue weighted by Crippen LogP contribution is -2.41. The fourth-order valence-electron chi connectivity index (χ4n) is 4.23. The molecule has 1 amide bonds. The second-order valence-corrected chi connectivity index (χ2v) is 11.2. The SMILES string of the molecule is CCc1nc(-c2ccc(C)c(S(=O)(=O)N3CCC(C(=O)Nc4ccc(C(C)C)cc4)CC3)c2)no1. The molecule has 35 heavy (non-hydrogen) atoms. The number of benzene rings is 2. The Morgan fingerprint density at radius 1 is 1.14 bits per heavy atom. The quantitative estimate of drug-likeness (QED) is 0.505. The van der Waals surface area contributed by atoms with Crippen LogP contribution in [0.1, 0.15) is 56.5 Å². The molecular formula is C26H32N4O4S. The van der Waals surface area contributed by atoms with Gasteiger partial charge in [0.05, 0.1) is 4.90 Å². The first-order valence-electron chi connectivity index (χ1n) is 12.0. The largest absolute Gasteiger partial charge is 0.339 e. The molecule has 1 aliphatic rings. The van der Waals surface area contributed by atoms with Crippen molar-refractivity contribution in [2.75, 3.05) is 18.4 Å². The van der Waals surface area contributed by atoms with Gasteiger partial charge in [0.25, 0.3) is 0 Å². The fourth-order valence-corrected chi connectivity index (χ4v) is 5.95. The van der Waals surface area contributed by atoms with Gasteiger partial charge in [0.15, 0.2) is 0 Å². The number of rotatable bonds is 7. The Hall–Kier alpha value is -3.04. The van der Waals surface area contributed by atoms with Crippen LogP contribution in [0.3, 0.4) is 0 Å². The third-order valence-corrected chi connectivity index (χ3v) is 8.54. The first kappa shape index (κ1) is 25.1. The van der Waals surface area contributed by atoms with Crippen LogP contribution in [0, 0.1) is 12.8 Å². The topological polar surface area (TPSA) is 105 Å². The highest BCUT2D eigenvalue weighted by molar-refractivity contribution is 7.89. The molecule has 0 radical (unpaired) electrons. The third kappa shape index (κ3) is 5.46. The van der Waals surface area contributed by atoms with Crippen LogP contribution in [0.5, 0.6) is 0 Å². The van der Waals surface area contributed by atoms with Crippen LogP contribution in [-0.4, -0.2) is 41.9 Å². The lowest BCUT2D eigenvalue weighted by molar-refractivity contribution is -0.120. The number of hydrogen-bond donors (Lipinski definition) is 1. The zero-order valence-electron chi connectivity index (χ0n) is 20.6. The first-order chi connectivity index (χ1) is 16.7. The number of anilines is 1. The molecule has 186 valence electrons. The highest BCUT2D eigenvalue weighted by Gasteiger charge is 2.33. The van der Waals surface area contributed by atoms with Gasteiger partial charge in [-0.3, -0.25) is 4.79 Å². The molecule has 3 aromatic rings. The molecular weight excluding hydrogens is 464 g/mol. The van der Waals surface area contributed by atoms with E-state index in [1.165, 1.54) is 9.87 Å². The number of sulfonamides is 1. The minimum atomic E-state index is -3.73. The molecule has 0 aliphatic carbocycles. The predicted octanol–water partition coefficient (Wildman–Crippen LogP) is 4.77. The summed E-state index contributed by atoms with van der Waals surface area (Å²) in [6.07, 6.45) is 1.55. The molecule has 0 unspecified atom stereocenters. The summed E-state index contributed by atoms with van der Waals surface area (Å²) < 4.78 is 33.6. The normalized spacial score (nSPS) is 15.5. The Labute approximate surface area is 206 Å². The Morgan fingerprint density at radius 3 is 2.43 bits per heavy atom. The molecule has 0 spiro atoms. The highest BCUT2D eigenvalue weighted by atomic mass is 32.2. The van der Waals surface area contributed by atoms with Crippen molar-refractivity contribution >= 4 is 21.6 Å².